The summed E-state index contributed by atoms with van der Waals surface area (Å²) in [6, 6.07) is 17.4. The van der Waals surface area contributed by atoms with Crippen LogP contribution in [0.5, 0.6) is 0 Å². The molecule has 2 aromatic carbocycles. The van der Waals surface area contributed by atoms with Gasteiger partial charge in [0.15, 0.2) is 5.69 Å². The summed E-state index contributed by atoms with van der Waals surface area (Å²) in [5, 5.41) is 12.8. The van der Waals surface area contributed by atoms with E-state index in [0.29, 0.717) is 36.9 Å². The molecule has 0 spiro atoms. The Morgan fingerprint density at radius 2 is 1.71 bits per heavy atom. The molecule has 1 aliphatic rings. The summed E-state index contributed by atoms with van der Waals surface area (Å²) < 4.78 is 47.2. The Kier molecular flexibility index (Phi) is 8.04. The Labute approximate surface area is 233 Å². The minimum absolute atomic E-state index is 0.00271. The van der Waals surface area contributed by atoms with Gasteiger partial charge < -0.3 is 20.1 Å². The monoisotopic (exact) mass is 567 g/mol. The summed E-state index contributed by atoms with van der Waals surface area (Å²) in [5.41, 5.74) is -0.631. The van der Waals surface area contributed by atoms with Gasteiger partial charge in [-0.05, 0) is 24.5 Å². The van der Waals surface area contributed by atoms with E-state index in [1.807, 2.05) is 37.3 Å². The summed E-state index contributed by atoms with van der Waals surface area (Å²) >= 11 is 0. The Bertz CT molecular complexity index is 1490. The molecule has 3 amide bonds. The van der Waals surface area contributed by atoms with Crippen molar-refractivity contribution in [3.05, 3.63) is 84.0 Å². The van der Waals surface area contributed by atoms with E-state index in [4.69, 9.17) is 4.52 Å². The zero-order chi connectivity index (χ0) is 29.0. The number of piperidine rings is 1. The third-order valence-electron chi connectivity index (χ3n) is 6.92. The Morgan fingerprint density at radius 3 is 2.39 bits per heavy atom. The van der Waals surface area contributed by atoms with Crippen molar-refractivity contribution in [2.75, 3.05) is 26.2 Å². The van der Waals surface area contributed by atoms with Gasteiger partial charge >= 0.3 is 12.2 Å². The van der Waals surface area contributed by atoms with Gasteiger partial charge in [-0.25, -0.2) is 9.48 Å². The highest BCUT2D eigenvalue weighted by Crippen LogP contribution is 2.33. The van der Waals surface area contributed by atoms with E-state index in [1.165, 1.54) is 0 Å². The molecular formula is C28H28F3N7O3. The van der Waals surface area contributed by atoms with Crippen LogP contribution in [0.25, 0.3) is 17.1 Å². The normalized spacial score (nSPS) is 17.3. The number of para-hydroxylation sites is 1. The van der Waals surface area contributed by atoms with Crippen LogP contribution >= 0.6 is 0 Å². The van der Waals surface area contributed by atoms with Gasteiger partial charge in [0.05, 0.1) is 11.3 Å². The number of nitrogens with zero attached hydrogens (tertiary/aromatic N) is 5. The van der Waals surface area contributed by atoms with Gasteiger partial charge in [-0.1, -0.05) is 60.6 Å². The SMILES string of the molecule is CC1CN(C(=O)NCCNC(=O)c2cn(-c3ccccc3)nc2C(F)(F)F)CCC1c1nc(-c2ccccc2)no1. The van der Waals surface area contributed by atoms with Crippen LogP contribution in [0.4, 0.5) is 18.0 Å². The van der Waals surface area contributed by atoms with E-state index in [2.05, 4.69) is 25.9 Å². The molecule has 10 nitrogen and oxygen atoms in total. The molecule has 3 heterocycles. The maximum Gasteiger partial charge on any atom is 0.435 e. The molecule has 1 fully saturated rings. The number of amides is 3. The van der Waals surface area contributed by atoms with E-state index in [1.54, 1.807) is 35.2 Å². The Morgan fingerprint density at radius 1 is 1.02 bits per heavy atom. The second kappa shape index (κ2) is 11.8. The zero-order valence-corrected chi connectivity index (χ0v) is 22.1. The first-order valence-electron chi connectivity index (χ1n) is 13.1. The van der Waals surface area contributed by atoms with Gasteiger partial charge in [0.1, 0.15) is 0 Å². The van der Waals surface area contributed by atoms with Crippen LogP contribution in [0.1, 0.15) is 41.2 Å². The summed E-state index contributed by atoms with van der Waals surface area (Å²) in [4.78, 5) is 31.5. The number of nitrogens with one attached hydrogen (secondary N) is 2. The van der Waals surface area contributed by atoms with Gasteiger partial charge in [0.25, 0.3) is 5.91 Å². The van der Waals surface area contributed by atoms with Crippen molar-refractivity contribution in [3.8, 4) is 17.1 Å². The van der Waals surface area contributed by atoms with Gasteiger partial charge in [-0.15, -0.1) is 0 Å². The van der Waals surface area contributed by atoms with Crippen molar-refractivity contribution >= 4 is 11.9 Å². The lowest BCUT2D eigenvalue weighted by atomic mass is 9.87. The quantitative estimate of drug-likeness (QED) is 0.318. The number of urea groups is 1. The third kappa shape index (κ3) is 6.39. The van der Waals surface area contributed by atoms with Gasteiger partial charge in [0, 0.05) is 43.9 Å². The lowest BCUT2D eigenvalue weighted by molar-refractivity contribution is -0.141. The van der Waals surface area contributed by atoms with Crippen LogP contribution in [0, 0.1) is 5.92 Å². The molecule has 2 N–H and O–H groups in total. The van der Waals surface area contributed by atoms with E-state index < -0.39 is 23.3 Å². The zero-order valence-electron chi connectivity index (χ0n) is 22.1. The van der Waals surface area contributed by atoms with E-state index in [0.717, 1.165) is 16.4 Å². The predicted molar refractivity (Wildman–Crippen MR) is 142 cm³/mol. The van der Waals surface area contributed by atoms with Crippen LogP contribution in [-0.2, 0) is 6.18 Å². The van der Waals surface area contributed by atoms with Crippen LogP contribution in [0.2, 0.25) is 0 Å². The molecule has 13 heteroatoms. The molecule has 0 bridgehead atoms. The fraction of sp³-hybridized carbons (Fsp3) is 0.321. The minimum Gasteiger partial charge on any atom is -0.350 e. The molecule has 0 radical (unpaired) electrons. The molecule has 0 saturated carbocycles. The van der Waals surface area contributed by atoms with Crippen molar-refractivity contribution in [2.45, 2.75) is 25.4 Å². The van der Waals surface area contributed by atoms with Gasteiger partial charge in [0.2, 0.25) is 11.7 Å². The lowest BCUT2D eigenvalue weighted by Gasteiger charge is -2.35. The minimum atomic E-state index is -4.81. The Hall–Kier alpha value is -4.68. The highest BCUT2D eigenvalue weighted by atomic mass is 19.4. The number of hydrogen-bond donors (Lipinski definition) is 2. The molecule has 4 aromatic rings. The van der Waals surface area contributed by atoms with Crippen molar-refractivity contribution in [3.63, 3.8) is 0 Å². The highest BCUT2D eigenvalue weighted by Gasteiger charge is 2.39. The molecule has 1 saturated heterocycles. The smallest absolute Gasteiger partial charge is 0.350 e. The van der Waals surface area contributed by atoms with Crippen LogP contribution in [0.15, 0.2) is 71.4 Å². The van der Waals surface area contributed by atoms with Crippen LogP contribution in [-0.4, -0.2) is 62.9 Å². The second-order valence-electron chi connectivity index (χ2n) is 9.80. The summed E-state index contributed by atoms with van der Waals surface area (Å²) in [7, 11) is 0. The predicted octanol–water partition coefficient (Wildman–Crippen LogP) is 4.51. The number of carbonyl (C=O) groups excluding carboxylic acids is 2. The molecule has 2 unspecified atom stereocenters. The first-order valence-corrected chi connectivity index (χ1v) is 13.1. The molecule has 214 valence electrons. The summed E-state index contributed by atoms with van der Waals surface area (Å²) in [6.45, 7) is 2.90. The molecule has 0 aliphatic carbocycles. The number of carbonyl (C=O) groups is 2. The number of aromatic nitrogens is 4. The average Bonchev–Trinajstić information content (AvgIpc) is 3.65. The highest BCUT2D eigenvalue weighted by molar-refractivity contribution is 5.95. The average molecular weight is 568 g/mol. The second-order valence-corrected chi connectivity index (χ2v) is 9.80. The molecule has 2 aromatic heterocycles. The lowest BCUT2D eigenvalue weighted by Crippen LogP contribution is -2.48. The first kappa shape index (κ1) is 27.9. The Balaban J connectivity index is 1.11. The number of benzene rings is 2. The fourth-order valence-electron chi connectivity index (χ4n) is 4.80. The number of hydrogen-bond acceptors (Lipinski definition) is 6. The maximum absolute atomic E-state index is 13.6. The molecular weight excluding hydrogens is 539 g/mol. The third-order valence-corrected chi connectivity index (χ3v) is 6.92. The largest absolute Gasteiger partial charge is 0.435 e. The summed E-state index contributed by atoms with van der Waals surface area (Å²) in [5.74, 6) is 0.179. The van der Waals surface area contributed by atoms with Crippen molar-refractivity contribution < 1.29 is 27.3 Å². The fourth-order valence-corrected chi connectivity index (χ4v) is 4.80. The number of likely N-dealkylation sites (tertiary alicyclic amines) is 1. The standard InChI is InChI=1S/C28H28F3N7O3/c1-18-16-37(15-12-21(18)26-34-24(36-41-26)19-8-4-2-5-9-19)27(40)33-14-13-32-25(39)22-17-38(20-10-6-3-7-11-20)35-23(22)28(29,30)31/h2-11,17-18,21H,12-16H2,1H3,(H,32,39)(H,33,40). The van der Waals surface area contributed by atoms with Crippen LogP contribution in [0.3, 0.4) is 0 Å². The van der Waals surface area contributed by atoms with Gasteiger partial charge in [-0.2, -0.15) is 23.3 Å². The first-order chi connectivity index (χ1) is 19.7. The number of alkyl halides is 3. The number of rotatable bonds is 7. The molecule has 5 rings (SSSR count). The molecule has 1 aliphatic heterocycles. The van der Waals surface area contributed by atoms with E-state index >= 15 is 0 Å². The van der Waals surface area contributed by atoms with Crippen molar-refractivity contribution in [2.24, 2.45) is 5.92 Å². The van der Waals surface area contributed by atoms with E-state index in [9.17, 15) is 22.8 Å². The maximum atomic E-state index is 13.6. The van der Waals surface area contributed by atoms with E-state index in [-0.39, 0.29) is 31.0 Å². The van der Waals surface area contributed by atoms with Crippen molar-refractivity contribution in [1.82, 2.24) is 35.5 Å². The topological polar surface area (TPSA) is 118 Å². The molecule has 2 atom stereocenters. The number of halogens is 3. The van der Waals surface area contributed by atoms with Crippen LogP contribution < -0.4 is 10.6 Å². The van der Waals surface area contributed by atoms with Gasteiger partial charge in [-0.3, -0.25) is 4.79 Å². The van der Waals surface area contributed by atoms with Crippen molar-refractivity contribution in [1.29, 1.82) is 0 Å². The summed E-state index contributed by atoms with van der Waals surface area (Å²) in [6.07, 6.45) is -3.13. The molecule has 41 heavy (non-hydrogen) atoms.